The van der Waals surface area contributed by atoms with Crippen molar-refractivity contribution < 1.29 is 19.8 Å². The van der Waals surface area contributed by atoms with Gasteiger partial charge in [0.15, 0.2) is 0 Å². The molecule has 8 heteroatoms. The average molecular weight is 269 g/mol. The van der Waals surface area contributed by atoms with Crippen molar-refractivity contribution in [1.29, 1.82) is 10.5 Å². The van der Waals surface area contributed by atoms with Crippen molar-refractivity contribution in [2.45, 2.75) is 32.7 Å². The molecule has 1 atom stereocenters. The van der Waals surface area contributed by atoms with Gasteiger partial charge >= 0.3 is 63.3 Å². The molecule has 7 nitrogen and oxygen atoms in total. The molecule has 4 N–H and O–H groups in total. The fourth-order valence-corrected chi connectivity index (χ4v) is 0.402. The van der Waals surface area contributed by atoms with Crippen LogP contribution in [-0.4, -0.2) is 79.6 Å². The van der Waals surface area contributed by atoms with E-state index in [9.17, 15) is 9.59 Å². The van der Waals surface area contributed by atoms with Crippen LogP contribution in [0.3, 0.4) is 0 Å². The number of carboxylic acid groups (broad SMARTS) is 2. The molecule has 17 heavy (non-hydrogen) atoms. The van der Waals surface area contributed by atoms with Crippen molar-refractivity contribution in [2.24, 2.45) is 5.73 Å². The van der Waals surface area contributed by atoms with Gasteiger partial charge in [0, 0.05) is 20.3 Å². The number of nitrogens with two attached hydrogens (primary N) is 1. The number of carbonyl (C=O) groups is 2. The van der Waals surface area contributed by atoms with E-state index in [1.165, 1.54) is 13.8 Å². The van der Waals surface area contributed by atoms with Crippen LogP contribution in [0.15, 0.2) is 0 Å². The van der Waals surface area contributed by atoms with Crippen LogP contribution >= 0.6 is 0 Å². The number of hydrogen-bond donors (Lipinski definition) is 3. The molecule has 0 aromatic carbocycles. The normalized spacial score (nSPS) is 8.29. The van der Waals surface area contributed by atoms with Crippen LogP contribution in [0.1, 0.15) is 26.7 Å². The van der Waals surface area contributed by atoms with Gasteiger partial charge in [0.2, 0.25) is 0 Å². The molecule has 0 bridgehead atoms. The standard InChI is InChI=1S/C5H9NO4.2C2H3N.K.H/c6-3(5(9)10)1-2-4(7)8;2*1-2-3;;/h3H,1-2,6H2,(H,7,8)(H,9,10);2*1H3;;/t3-;;;;/m0..../s1. The Balaban J connectivity index is -0.000000102. The summed E-state index contributed by atoms with van der Waals surface area (Å²) in [6.07, 6.45) is -0.224. The van der Waals surface area contributed by atoms with Crippen LogP contribution in [-0.2, 0) is 9.59 Å². The summed E-state index contributed by atoms with van der Waals surface area (Å²) in [6.45, 7) is 2.86. The maximum atomic E-state index is 9.99. The Hall–Kier alpha value is -0.484. The van der Waals surface area contributed by atoms with Crippen LogP contribution in [0.5, 0.6) is 0 Å². The molecule has 0 aliphatic carbocycles. The summed E-state index contributed by atoms with van der Waals surface area (Å²) in [7, 11) is 0. The molecule has 92 valence electrons. The fourth-order valence-electron chi connectivity index (χ4n) is 0.402. The van der Waals surface area contributed by atoms with E-state index in [1.54, 1.807) is 12.1 Å². The van der Waals surface area contributed by atoms with Gasteiger partial charge in [-0.05, 0) is 6.42 Å². The molecule has 0 rings (SSSR count). The second kappa shape index (κ2) is 20.9. The van der Waals surface area contributed by atoms with E-state index in [4.69, 9.17) is 26.5 Å². The molecule has 0 fully saturated rings. The number of hydrogen-bond acceptors (Lipinski definition) is 5. The first kappa shape index (κ1) is 25.4. The number of aliphatic carboxylic acids is 2. The van der Waals surface area contributed by atoms with Crippen molar-refractivity contribution in [3.8, 4) is 12.1 Å². The second-order valence-electron chi connectivity index (χ2n) is 2.32. The molecule has 0 aliphatic rings. The Morgan fingerprint density at radius 3 is 1.71 bits per heavy atom. The van der Waals surface area contributed by atoms with Crippen molar-refractivity contribution in [1.82, 2.24) is 0 Å². The molecular weight excluding hydrogens is 253 g/mol. The first-order valence-corrected chi connectivity index (χ1v) is 4.19. The summed E-state index contributed by atoms with van der Waals surface area (Å²) in [4.78, 5) is 19.9. The number of nitrogens with zero attached hydrogens (tertiary/aromatic N) is 2. The number of rotatable bonds is 4. The zero-order valence-corrected chi connectivity index (χ0v) is 9.17. The van der Waals surface area contributed by atoms with Gasteiger partial charge in [-0.3, -0.25) is 9.59 Å². The Bertz CT molecular complexity index is 271. The topological polar surface area (TPSA) is 148 Å². The summed E-state index contributed by atoms with van der Waals surface area (Å²) in [5, 5.41) is 30.9. The summed E-state index contributed by atoms with van der Waals surface area (Å²) >= 11 is 0. The molecule has 0 aliphatic heterocycles. The first-order valence-electron chi connectivity index (χ1n) is 4.19. The molecule has 0 spiro atoms. The van der Waals surface area contributed by atoms with Gasteiger partial charge in [-0.1, -0.05) is 0 Å². The van der Waals surface area contributed by atoms with Gasteiger partial charge in [0.05, 0.1) is 12.1 Å². The Morgan fingerprint density at radius 2 is 1.53 bits per heavy atom. The van der Waals surface area contributed by atoms with Gasteiger partial charge in [-0.2, -0.15) is 10.5 Å². The molecule has 0 heterocycles. The van der Waals surface area contributed by atoms with E-state index in [0.717, 1.165) is 0 Å². The van der Waals surface area contributed by atoms with Crippen LogP contribution in [0.25, 0.3) is 0 Å². The molecule has 0 unspecified atom stereocenters. The minimum atomic E-state index is -1.17. The summed E-state index contributed by atoms with van der Waals surface area (Å²) in [6, 6.07) is 2.44. The minimum absolute atomic E-state index is 0. The van der Waals surface area contributed by atoms with Crippen LogP contribution < -0.4 is 5.73 Å². The Labute approximate surface area is 143 Å². The summed E-state index contributed by atoms with van der Waals surface area (Å²) in [5.74, 6) is -2.20. The third kappa shape index (κ3) is 39.1. The third-order valence-corrected chi connectivity index (χ3v) is 0.986. The second-order valence-corrected chi connectivity index (χ2v) is 2.32. The van der Waals surface area contributed by atoms with E-state index < -0.39 is 18.0 Å². The third-order valence-electron chi connectivity index (χ3n) is 0.986. The molecule has 0 amide bonds. The van der Waals surface area contributed by atoms with Crippen LogP contribution in [0, 0.1) is 22.7 Å². The molecule has 0 saturated heterocycles. The first-order chi connectivity index (χ1) is 7.37. The SMILES string of the molecule is CC#N.CC#N.N[C@@H](CCC(=O)O)C(=O)O.[KH]. The molecule has 0 aromatic rings. The van der Waals surface area contributed by atoms with E-state index >= 15 is 0 Å². The van der Waals surface area contributed by atoms with E-state index in [-0.39, 0.29) is 64.2 Å². The average Bonchev–Trinajstić information content (AvgIpc) is 2.16. The van der Waals surface area contributed by atoms with E-state index in [1.807, 2.05) is 0 Å². The molecule has 0 radical (unpaired) electrons. The van der Waals surface area contributed by atoms with Crippen molar-refractivity contribution >= 4 is 63.3 Å². The molecule has 0 aromatic heterocycles. The predicted molar refractivity (Wildman–Crippen MR) is 62.2 cm³/mol. The van der Waals surface area contributed by atoms with Gasteiger partial charge < -0.3 is 15.9 Å². The summed E-state index contributed by atoms with van der Waals surface area (Å²) < 4.78 is 0. The Kier molecular flexibility index (Phi) is 31.2. The number of carboxylic acids is 2. The summed E-state index contributed by atoms with van der Waals surface area (Å²) in [5.41, 5.74) is 5.00. The van der Waals surface area contributed by atoms with E-state index in [2.05, 4.69) is 0 Å². The molecular formula is C9H16KN3O4. The quantitative estimate of drug-likeness (QED) is 0.592. The van der Waals surface area contributed by atoms with E-state index in [0.29, 0.717) is 0 Å². The van der Waals surface area contributed by atoms with Crippen molar-refractivity contribution in [3.05, 3.63) is 0 Å². The zero-order valence-electron chi connectivity index (χ0n) is 9.17. The maximum absolute atomic E-state index is 9.99. The monoisotopic (exact) mass is 269 g/mol. The van der Waals surface area contributed by atoms with Gasteiger partial charge in [0.1, 0.15) is 6.04 Å². The van der Waals surface area contributed by atoms with Crippen molar-refractivity contribution in [3.63, 3.8) is 0 Å². The van der Waals surface area contributed by atoms with Gasteiger partial charge in [-0.15, -0.1) is 0 Å². The van der Waals surface area contributed by atoms with Gasteiger partial charge in [-0.25, -0.2) is 0 Å². The zero-order chi connectivity index (χ0) is 13.6. The molecule has 0 saturated carbocycles. The van der Waals surface area contributed by atoms with Crippen LogP contribution in [0.2, 0.25) is 0 Å². The van der Waals surface area contributed by atoms with Gasteiger partial charge in [0.25, 0.3) is 0 Å². The fraction of sp³-hybridized carbons (Fsp3) is 0.556. The van der Waals surface area contributed by atoms with Crippen LogP contribution in [0.4, 0.5) is 0 Å². The predicted octanol–water partition coefficient (Wildman–Crippen LogP) is -0.326. The van der Waals surface area contributed by atoms with Crippen molar-refractivity contribution in [2.75, 3.05) is 0 Å². The Morgan fingerprint density at radius 1 is 1.24 bits per heavy atom. The number of nitriles is 2.